The molecule has 5 nitrogen and oxygen atoms in total. The van der Waals surface area contributed by atoms with Crippen molar-refractivity contribution in [3.8, 4) is 0 Å². The summed E-state index contributed by atoms with van der Waals surface area (Å²) >= 11 is 0. The highest BCUT2D eigenvalue weighted by Gasteiger charge is 2.30. The van der Waals surface area contributed by atoms with Gasteiger partial charge in [-0.1, -0.05) is 0 Å². The molecule has 0 radical (unpaired) electrons. The Kier molecular flexibility index (Phi) is 4.56. The number of amides is 1. The summed E-state index contributed by atoms with van der Waals surface area (Å²) < 4.78 is 0. The fraction of sp³-hybridized carbons (Fsp3) is 0.778. The van der Waals surface area contributed by atoms with Crippen LogP contribution in [0.1, 0.15) is 20.8 Å². The molecule has 3 N–H and O–H groups in total. The minimum Gasteiger partial charge on any atom is -0.480 e. The summed E-state index contributed by atoms with van der Waals surface area (Å²) in [6.45, 7) is 5.49. The second-order valence-electron chi connectivity index (χ2n) is 3.80. The van der Waals surface area contributed by atoms with Gasteiger partial charge in [0.15, 0.2) is 0 Å². The zero-order valence-electron chi connectivity index (χ0n) is 8.91. The van der Waals surface area contributed by atoms with Crippen LogP contribution in [0.2, 0.25) is 0 Å². The molecule has 0 aliphatic heterocycles. The van der Waals surface area contributed by atoms with Crippen LogP contribution < -0.4 is 5.73 Å². The second kappa shape index (κ2) is 4.95. The van der Waals surface area contributed by atoms with Gasteiger partial charge in [0, 0.05) is 13.1 Å². The van der Waals surface area contributed by atoms with E-state index in [1.807, 2.05) is 0 Å². The molecule has 0 rings (SSSR count). The van der Waals surface area contributed by atoms with E-state index in [4.69, 9.17) is 10.8 Å². The molecule has 0 bridgehead atoms. The van der Waals surface area contributed by atoms with Crippen LogP contribution in [0.4, 0.5) is 0 Å². The van der Waals surface area contributed by atoms with Crippen LogP contribution in [0.15, 0.2) is 0 Å². The molecule has 0 aliphatic rings. The largest absolute Gasteiger partial charge is 0.480 e. The predicted molar refractivity (Wildman–Crippen MR) is 52.7 cm³/mol. The smallest absolute Gasteiger partial charge is 0.323 e. The Hall–Kier alpha value is -1.10. The molecular formula is C9H18N2O3. The number of carboxylic acids is 1. The second-order valence-corrected chi connectivity index (χ2v) is 3.80. The summed E-state index contributed by atoms with van der Waals surface area (Å²) in [4.78, 5) is 23.5. The van der Waals surface area contributed by atoms with Crippen molar-refractivity contribution in [3.05, 3.63) is 0 Å². The lowest BCUT2D eigenvalue weighted by molar-refractivity contribution is -0.148. The summed E-state index contributed by atoms with van der Waals surface area (Å²) in [5.41, 5.74) is 4.75. The molecule has 0 atom stereocenters. The number of likely N-dealkylation sites (N-methyl/N-ethyl adjacent to an activating group) is 1. The monoisotopic (exact) mass is 202 g/mol. The first-order valence-corrected chi connectivity index (χ1v) is 4.56. The van der Waals surface area contributed by atoms with Gasteiger partial charge in [0.05, 0.1) is 5.41 Å². The van der Waals surface area contributed by atoms with Crippen LogP contribution in [-0.2, 0) is 9.59 Å². The maximum atomic E-state index is 11.7. The molecule has 0 heterocycles. The molecule has 5 heteroatoms. The van der Waals surface area contributed by atoms with Gasteiger partial charge in [-0.2, -0.15) is 0 Å². The summed E-state index contributed by atoms with van der Waals surface area (Å²) in [5.74, 6) is -1.22. The number of carbonyl (C=O) groups excluding carboxylic acids is 1. The Morgan fingerprint density at radius 2 is 1.93 bits per heavy atom. The Labute approximate surface area is 83.9 Å². The van der Waals surface area contributed by atoms with Crippen molar-refractivity contribution in [1.29, 1.82) is 0 Å². The normalized spacial score (nSPS) is 11.1. The highest BCUT2D eigenvalue weighted by atomic mass is 16.4. The van der Waals surface area contributed by atoms with Crippen molar-refractivity contribution in [3.63, 3.8) is 0 Å². The SMILES string of the molecule is CCN(CC(=O)O)C(=O)C(C)(C)CN. The van der Waals surface area contributed by atoms with Crippen LogP contribution >= 0.6 is 0 Å². The standard InChI is InChI=1S/C9H18N2O3/c1-4-11(5-7(12)13)8(14)9(2,3)6-10/h4-6,10H2,1-3H3,(H,12,13). The molecule has 0 saturated heterocycles. The maximum Gasteiger partial charge on any atom is 0.323 e. The van der Waals surface area contributed by atoms with Gasteiger partial charge in [0.25, 0.3) is 0 Å². The van der Waals surface area contributed by atoms with Crippen LogP contribution in [0, 0.1) is 5.41 Å². The quantitative estimate of drug-likeness (QED) is 0.652. The Bertz CT molecular complexity index is 226. The molecule has 82 valence electrons. The van der Waals surface area contributed by atoms with E-state index in [0.717, 1.165) is 0 Å². The van der Waals surface area contributed by atoms with Crippen LogP contribution in [0.5, 0.6) is 0 Å². The van der Waals surface area contributed by atoms with E-state index >= 15 is 0 Å². The number of carboxylic acid groups (broad SMARTS) is 1. The molecule has 1 amide bonds. The average Bonchev–Trinajstić information content (AvgIpc) is 2.12. The van der Waals surface area contributed by atoms with E-state index in [9.17, 15) is 9.59 Å². The van der Waals surface area contributed by atoms with Crippen molar-refractivity contribution in [1.82, 2.24) is 4.90 Å². The zero-order chi connectivity index (χ0) is 11.4. The molecule has 0 spiro atoms. The van der Waals surface area contributed by atoms with Gasteiger partial charge in [0.2, 0.25) is 5.91 Å². The minimum absolute atomic E-state index is 0.210. The van der Waals surface area contributed by atoms with Gasteiger partial charge < -0.3 is 15.7 Å². The molecule has 0 saturated carbocycles. The molecule has 14 heavy (non-hydrogen) atoms. The van der Waals surface area contributed by atoms with Gasteiger partial charge in [0.1, 0.15) is 6.54 Å². The molecule has 0 unspecified atom stereocenters. The van der Waals surface area contributed by atoms with Gasteiger partial charge in [-0.15, -0.1) is 0 Å². The fourth-order valence-corrected chi connectivity index (χ4v) is 1.01. The first-order valence-electron chi connectivity index (χ1n) is 4.56. The molecular weight excluding hydrogens is 184 g/mol. The van der Waals surface area contributed by atoms with Gasteiger partial charge in [-0.3, -0.25) is 9.59 Å². The molecule has 0 fully saturated rings. The summed E-state index contributed by atoms with van der Waals surface area (Å²) in [6.07, 6.45) is 0. The van der Waals surface area contributed by atoms with Gasteiger partial charge in [-0.05, 0) is 20.8 Å². The molecule has 0 aromatic carbocycles. The first kappa shape index (κ1) is 12.9. The first-order chi connectivity index (χ1) is 6.35. The Morgan fingerprint density at radius 3 is 2.21 bits per heavy atom. The van der Waals surface area contributed by atoms with Crippen molar-refractivity contribution < 1.29 is 14.7 Å². The highest BCUT2D eigenvalue weighted by Crippen LogP contribution is 2.16. The lowest BCUT2D eigenvalue weighted by Gasteiger charge is -2.29. The van der Waals surface area contributed by atoms with Crippen molar-refractivity contribution in [2.24, 2.45) is 11.1 Å². The summed E-state index contributed by atoms with van der Waals surface area (Å²) in [5, 5.41) is 8.58. The lowest BCUT2D eigenvalue weighted by Crippen LogP contribution is -2.46. The van der Waals surface area contributed by atoms with Gasteiger partial charge >= 0.3 is 5.97 Å². The Morgan fingerprint density at radius 1 is 1.43 bits per heavy atom. The number of carbonyl (C=O) groups is 2. The highest BCUT2D eigenvalue weighted by molar-refractivity contribution is 5.85. The minimum atomic E-state index is -1.01. The zero-order valence-corrected chi connectivity index (χ0v) is 8.91. The van der Waals surface area contributed by atoms with Crippen molar-refractivity contribution >= 4 is 11.9 Å². The van der Waals surface area contributed by atoms with Crippen molar-refractivity contribution in [2.45, 2.75) is 20.8 Å². The van der Waals surface area contributed by atoms with Crippen molar-refractivity contribution in [2.75, 3.05) is 19.6 Å². The van der Waals surface area contributed by atoms with E-state index in [-0.39, 0.29) is 19.0 Å². The van der Waals surface area contributed by atoms with E-state index in [2.05, 4.69) is 0 Å². The van der Waals surface area contributed by atoms with E-state index in [1.165, 1.54) is 4.90 Å². The molecule has 0 aliphatic carbocycles. The third kappa shape index (κ3) is 3.33. The summed E-state index contributed by atoms with van der Waals surface area (Å²) in [7, 11) is 0. The topological polar surface area (TPSA) is 83.6 Å². The summed E-state index contributed by atoms with van der Waals surface area (Å²) in [6, 6.07) is 0. The van der Waals surface area contributed by atoms with Crippen LogP contribution in [0.25, 0.3) is 0 Å². The number of nitrogens with two attached hydrogens (primary N) is 1. The Balaban J connectivity index is 4.54. The van der Waals surface area contributed by atoms with E-state index < -0.39 is 11.4 Å². The number of nitrogens with zero attached hydrogens (tertiary/aromatic N) is 1. The number of hydrogen-bond acceptors (Lipinski definition) is 3. The van der Waals surface area contributed by atoms with E-state index in [1.54, 1.807) is 20.8 Å². The fourth-order valence-electron chi connectivity index (χ4n) is 1.01. The average molecular weight is 202 g/mol. The number of rotatable bonds is 5. The predicted octanol–water partition coefficient (Wildman–Crippen LogP) is -0.0956. The molecule has 0 aromatic heterocycles. The maximum absolute atomic E-state index is 11.7. The van der Waals surface area contributed by atoms with Crippen LogP contribution in [-0.4, -0.2) is 41.5 Å². The van der Waals surface area contributed by atoms with Gasteiger partial charge in [-0.25, -0.2) is 0 Å². The van der Waals surface area contributed by atoms with Crippen LogP contribution in [0.3, 0.4) is 0 Å². The number of hydrogen-bond donors (Lipinski definition) is 2. The number of aliphatic carboxylic acids is 1. The third-order valence-electron chi connectivity index (χ3n) is 2.08. The lowest BCUT2D eigenvalue weighted by atomic mass is 9.92. The third-order valence-corrected chi connectivity index (χ3v) is 2.08. The molecule has 0 aromatic rings. The van der Waals surface area contributed by atoms with E-state index in [0.29, 0.717) is 6.54 Å².